The SMILES string of the molecule is CC(C)C1OC(CO)C(O)C(O)C1NCC(=O)O. The predicted molar refractivity (Wildman–Crippen MR) is 62.0 cm³/mol. The van der Waals surface area contributed by atoms with Gasteiger partial charge < -0.3 is 25.2 Å². The fraction of sp³-hybridized carbons (Fsp3) is 0.909. The normalized spacial score (nSPS) is 36.9. The number of nitrogens with one attached hydrogen (secondary N) is 1. The van der Waals surface area contributed by atoms with E-state index < -0.39 is 43.0 Å². The van der Waals surface area contributed by atoms with Crippen LogP contribution in [-0.2, 0) is 9.53 Å². The minimum Gasteiger partial charge on any atom is -0.480 e. The van der Waals surface area contributed by atoms with E-state index in [2.05, 4.69) is 5.32 Å². The number of aliphatic hydroxyl groups is 3. The number of hydrogen-bond donors (Lipinski definition) is 5. The Labute approximate surface area is 105 Å². The van der Waals surface area contributed by atoms with Crippen LogP contribution < -0.4 is 5.32 Å². The molecule has 5 unspecified atom stereocenters. The van der Waals surface area contributed by atoms with Gasteiger partial charge in [-0.3, -0.25) is 10.1 Å². The molecule has 7 nitrogen and oxygen atoms in total. The number of rotatable bonds is 5. The van der Waals surface area contributed by atoms with E-state index in [0.717, 1.165) is 0 Å². The lowest BCUT2D eigenvalue weighted by molar-refractivity contribution is -0.204. The maximum Gasteiger partial charge on any atom is 0.317 e. The van der Waals surface area contributed by atoms with Crippen molar-refractivity contribution in [2.24, 2.45) is 5.92 Å². The lowest BCUT2D eigenvalue weighted by Gasteiger charge is -2.44. The van der Waals surface area contributed by atoms with Crippen molar-refractivity contribution in [3.8, 4) is 0 Å². The molecule has 1 aliphatic heterocycles. The Morgan fingerprint density at radius 2 is 1.94 bits per heavy atom. The lowest BCUT2D eigenvalue weighted by atomic mass is 9.87. The van der Waals surface area contributed by atoms with Crippen LogP contribution in [0.2, 0.25) is 0 Å². The molecule has 0 amide bonds. The van der Waals surface area contributed by atoms with E-state index in [-0.39, 0.29) is 12.5 Å². The molecule has 5 atom stereocenters. The van der Waals surface area contributed by atoms with Crippen LogP contribution in [0, 0.1) is 5.92 Å². The number of aliphatic carboxylic acids is 1. The van der Waals surface area contributed by atoms with Gasteiger partial charge in [0.05, 0.1) is 25.3 Å². The zero-order chi connectivity index (χ0) is 13.9. The molecule has 1 aliphatic rings. The molecule has 0 aliphatic carbocycles. The molecule has 0 saturated carbocycles. The molecular formula is C11H21NO6. The largest absolute Gasteiger partial charge is 0.480 e. The zero-order valence-corrected chi connectivity index (χ0v) is 10.5. The summed E-state index contributed by atoms with van der Waals surface area (Å²) in [5.74, 6) is -1.05. The van der Waals surface area contributed by atoms with E-state index in [1.807, 2.05) is 13.8 Å². The molecule has 0 aromatic heterocycles. The van der Waals surface area contributed by atoms with Gasteiger partial charge in [-0.1, -0.05) is 13.8 Å². The molecule has 0 spiro atoms. The quantitative estimate of drug-likeness (QED) is 0.395. The van der Waals surface area contributed by atoms with Gasteiger partial charge in [-0.2, -0.15) is 0 Å². The predicted octanol–water partition coefficient (Wildman–Crippen LogP) is -1.83. The van der Waals surface area contributed by atoms with Crippen molar-refractivity contribution in [3.05, 3.63) is 0 Å². The van der Waals surface area contributed by atoms with Crippen molar-refractivity contribution >= 4 is 5.97 Å². The molecule has 1 heterocycles. The number of carbonyl (C=O) groups is 1. The summed E-state index contributed by atoms with van der Waals surface area (Å²) in [5.41, 5.74) is 0. The second-order valence-electron chi connectivity index (χ2n) is 4.85. The second kappa shape index (κ2) is 6.44. The molecule has 0 aromatic rings. The third-order valence-electron chi connectivity index (χ3n) is 3.11. The summed E-state index contributed by atoms with van der Waals surface area (Å²) < 4.78 is 5.51. The first kappa shape index (κ1) is 15.3. The average molecular weight is 263 g/mol. The topological polar surface area (TPSA) is 119 Å². The maximum absolute atomic E-state index is 10.5. The van der Waals surface area contributed by atoms with E-state index >= 15 is 0 Å². The Kier molecular flexibility index (Phi) is 5.48. The third kappa shape index (κ3) is 3.39. The van der Waals surface area contributed by atoms with Crippen LogP contribution in [0.3, 0.4) is 0 Å². The van der Waals surface area contributed by atoms with Crippen molar-refractivity contribution in [2.75, 3.05) is 13.2 Å². The molecule has 18 heavy (non-hydrogen) atoms. The van der Waals surface area contributed by atoms with Gasteiger partial charge in [0.15, 0.2) is 0 Å². The molecular weight excluding hydrogens is 242 g/mol. The lowest BCUT2D eigenvalue weighted by Crippen LogP contribution is -2.64. The fourth-order valence-electron chi connectivity index (χ4n) is 2.16. The van der Waals surface area contributed by atoms with Gasteiger partial charge in [0.2, 0.25) is 0 Å². The maximum atomic E-state index is 10.5. The van der Waals surface area contributed by atoms with Crippen LogP contribution >= 0.6 is 0 Å². The standard InChI is InChI=1S/C11H21NO6/c1-5(2)11-8(12-3-7(14)15)10(17)9(16)6(4-13)18-11/h5-6,8-13,16-17H,3-4H2,1-2H3,(H,14,15). The Balaban J connectivity index is 2.79. The van der Waals surface area contributed by atoms with Crippen molar-refractivity contribution in [1.82, 2.24) is 5.32 Å². The molecule has 5 N–H and O–H groups in total. The first-order valence-electron chi connectivity index (χ1n) is 5.96. The molecule has 0 radical (unpaired) electrons. The van der Waals surface area contributed by atoms with Crippen molar-refractivity contribution in [1.29, 1.82) is 0 Å². The van der Waals surface area contributed by atoms with Crippen LogP contribution in [-0.4, -0.2) is 70.0 Å². The number of ether oxygens (including phenoxy) is 1. The Morgan fingerprint density at radius 3 is 2.39 bits per heavy atom. The van der Waals surface area contributed by atoms with Crippen molar-refractivity contribution in [2.45, 2.75) is 44.3 Å². The van der Waals surface area contributed by atoms with Crippen LogP contribution in [0.4, 0.5) is 0 Å². The fourth-order valence-corrected chi connectivity index (χ4v) is 2.16. The van der Waals surface area contributed by atoms with Crippen LogP contribution in [0.1, 0.15) is 13.8 Å². The van der Waals surface area contributed by atoms with E-state index in [9.17, 15) is 15.0 Å². The summed E-state index contributed by atoms with van der Waals surface area (Å²) in [6, 6.07) is -0.682. The third-order valence-corrected chi connectivity index (χ3v) is 3.11. The first-order chi connectivity index (χ1) is 8.38. The molecule has 1 rings (SSSR count). The highest BCUT2D eigenvalue weighted by atomic mass is 16.5. The number of aliphatic hydroxyl groups excluding tert-OH is 3. The monoisotopic (exact) mass is 263 g/mol. The Morgan fingerprint density at radius 1 is 1.33 bits per heavy atom. The number of hydrogen-bond acceptors (Lipinski definition) is 6. The van der Waals surface area contributed by atoms with E-state index in [4.69, 9.17) is 14.9 Å². The Hall–Kier alpha value is -0.730. The van der Waals surface area contributed by atoms with Gasteiger partial charge in [-0.25, -0.2) is 0 Å². The average Bonchev–Trinajstić information content (AvgIpc) is 2.30. The van der Waals surface area contributed by atoms with E-state index in [1.165, 1.54) is 0 Å². The van der Waals surface area contributed by atoms with Gasteiger partial charge in [0.1, 0.15) is 18.3 Å². The van der Waals surface area contributed by atoms with E-state index in [0.29, 0.717) is 0 Å². The second-order valence-corrected chi connectivity index (χ2v) is 4.85. The smallest absolute Gasteiger partial charge is 0.317 e. The number of carboxylic acid groups (broad SMARTS) is 1. The van der Waals surface area contributed by atoms with Gasteiger partial charge in [-0.05, 0) is 5.92 Å². The minimum atomic E-state index is -1.24. The van der Waals surface area contributed by atoms with Crippen LogP contribution in [0.5, 0.6) is 0 Å². The molecule has 7 heteroatoms. The summed E-state index contributed by atoms with van der Waals surface area (Å²) in [6.45, 7) is 3.00. The highest BCUT2D eigenvalue weighted by Gasteiger charge is 2.44. The molecule has 1 saturated heterocycles. The summed E-state index contributed by atoms with van der Waals surface area (Å²) >= 11 is 0. The number of carboxylic acids is 1. The summed E-state index contributed by atoms with van der Waals surface area (Å²) in [6.07, 6.45) is -3.74. The summed E-state index contributed by atoms with van der Waals surface area (Å²) in [5, 5.41) is 40.1. The van der Waals surface area contributed by atoms with Crippen molar-refractivity contribution in [3.63, 3.8) is 0 Å². The molecule has 1 fully saturated rings. The van der Waals surface area contributed by atoms with Crippen molar-refractivity contribution < 1.29 is 30.0 Å². The first-order valence-corrected chi connectivity index (χ1v) is 5.96. The van der Waals surface area contributed by atoms with Crippen LogP contribution in [0.15, 0.2) is 0 Å². The van der Waals surface area contributed by atoms with E-state index in [1.54, 1.807) is 0 Å². The van der Waals surface area contributed by atoms with Gasteiger partial charge >= 0.3 is 5.97 Å². The van der Waals surface area contributed by atoms with Crippen LogP contribution in [0.25, 0.3) is 0 Å². The summed E-state index contributed by atoms with van der Waals surface area (Å²) in [7, 11) is 0. The minimum absolute atomic E-state index is 0.00694. The van der Waals surface area contributed by atoms with Gasteiger partial charge in [-0.15, -0.1) is 0 Å². The van der Waals surface area contributed by atoms with Gasteiger partial charge in [0, 0.05) is 0 Å². The van der Waals surface area contributed by atoms with Gasteiger partial charge in [0.25, 0.3) is 0 Å². The Bertz CT molecular complexity index is 285. The zero-order valence-electron chi connectivity index (χ0n) is 10.5. The highest BCUT2D eigenvalue weighted by molar-refractivity contribution is 5.69. The molecule has 106 valence electrons. The summed E-state index contributed by atoms with van der Waals surface area (Å²) in [4.78, 5) is 10.5. The molecule has 0 aromatic carbocycles. The highest BCUT2D eigenvalue weighted by Crippen LogP contribution is 2.25. The molecule has 0 bridgehead atoms.